The molecule has 1 atom stereocenters. The largest absolute Gasteiger partial charge is 0.350 e. The molecule has 0 bridgehead atoms. The van der Waals surface area contributed by atoms with E-state index in [1.807, 2.05) is 13.8 Å². The van der Waals surface area contributed by atoms with E-state index in [-0.39, 0.29) is 17.1 Å². The number of rotatable bonds is 4. The monoisotopic (exact) mass is 299 g/mol. The minimum Gasteiger partial charge on any atom is -0.350 e. The maximum atomic E-state index is 13.1. The predicted molar refractivity (Wildman–Crippen MR) is 78.6 cm³/mol. The third-order valence-electron chi connectivity index (χ3n) is 2.89. The van der Waals surface area contributed by atoms with Gasteiger partial charge in [-0.05, 0) is 29.5 Å². The first kappa shape index (κ1) is 14.3. The van der Waals surface area contributed by atoms with Crippen LogP contribution in [0.4, 0.5) is 4.39 Å². The van der Waals surface area contributed by atoms with Crippen molar-refractivity contribution in [3.63, 3.8) is 0 Å². The number of hydrogen-bond acceptors (Lipinski definition) is 2. The van der Waals surface area contributed by atoms with Gasteiger partial charge in [-0.2, -0.15) is 0 Å². The van der Waals surface area contributed by atoms with Gasteiger partial charge in [-0.1, -0.05) is 19.9 Å². The van der Waals surface area contributed by atoms with Gasteiger partial charge in [0, 0.05) is 11.2 Å². The first-order chi connectivity index (χ1) is 8.97. The molecule has 1 aromatic heterocycles. The molecular formula is C14H15ClFNOS. The molecule has 0 spiro atoms. The summed E-state index contributed by atoms with van der Waals surface area (Å²) in [6, 6.07) is 6.28. The lowest BCUT2D eigenvalue weighted by molar-refractivity contribution is 0.0956. The van der Waals surface area contributed by atoms with Gasteiger partial charge in [0.1, 0.15) is 5.82 Å². The summed E-state index contributed by atoms with van der Waals surface area (Å²) in [4.78, 5) is 12.6. The first-order valence-electron chi connectivity index (χ1n) is 6.08. The van der Waals surface area contributed by atoms with E-state index in [4.69, 9.17) is 11.6 Å². The highest BCUT2D eigenvalue weighted by Crippen LogP contribution is 2.26. The van der Waals surface area contributed by atoms with Crippen LogP contribution < -0.4 is 5.32 Å². The number of hydrogen-bond donors (Lipinski definition) is 1. The van der Waals surface area contributed by atoms with Gasteiger partial charge in [0.25, 0.3) is 5.91 Å². The molecule has 0 saturated carbocycles. The Morgan fingerprint density at radius 2 is 2.16 bits per heavy atom. The fourth-order valence-electron chi connectivity index (χ4n) is 1.63. The van der Waals surface area contributed by atoms with Gasteiger partial charge in [-0.25, -0.2) is 4.39 Å². The van der Waals surface area contributed by atoms with Gasteiger partial charge in [0.05, 0.1) is 10.3 Å². The summed E-state index contributed by atoms with van der Waals surface area (Å²) in [6.07, 6.45) is 0. The van der Waals surface area contributed by atoms with Crippen LogP contribution in [0.15, 0.2) is 24.3 Å². The van der Waals surface area contributed by atoms with Crippen molar-refractivity contribution in [2.45, 2.75) is 19.2 Å². The molecule has 5 heteroatoms. The zero-order chi connectivity index (χ0) is 14.0. The number of amides is 1. The summed E-state index contributed by atoms with van der Waals surface area (Å²) in [7, 11) is 0. The number of nitrogens with one attached hydrogen (secondary N) is 1. The normalized spacial score (nSPS) is 12.9. The van der Waals surface area contributed by atoms with Gasteiger partial charge in [-0.15, -0.1) is 22.9 Å². The Balaban J connectivity index is 2.09. The summed E-state index contributed by atoms with van der Waals surface area (Å²) in [5, 5.41) is 3.59. The van der Waals surface area contributed by atoms with Crippen LogP contribution in [-0.4, -0.2) is 17.8 Å². The van der Waals surface area contributed by atoms with Gasteiger partial charge in [0.2, 0.25) is 0 Å². The molecule has 1 heterocycles. The number of carbonyl (C=O) groups excluding carboxylic acids is 1. The van der Waals surface area contributed by atoms with Crippen molar-refractivity contribution in [1.29, 1.82) is 0 Å². The molecule has 0 aliphatic carbocycles. The molecule has 0 aliphatic rings. The zero-order valence-electron chi connectivity index (χ0n) is 10.7. The average molecular weight is 300 g/mol. The molecule has 102 valence electrons. The van der Waals surface area contributed by atoms with Crippen LogP contribution in [-0.2, 0) is 0 Å². The highest BCUT2D eigenvalue weighted by atomic mass is 35.5. The molecule has 2 rings (SSSR count). The summed E-state index contributed by atoms with van der Waals surface area (Å²) in [5.74, 6) is -0.145. The molecule has 0 aliphatic heterocycles. The Kier molecular flexibility index (Phi) is 4.42. The average Bonchev–Trinajstić information content (AvgIpc) is 2.78. The van der Waals surface area contributed by atoms with E-state index in [9.17, 15) is 9.18 Å². The van der Waals surface area contributed by atoms with Crippen molar-refractivity contribution < 1.29 is 9.18 Å². The molecule has 1 N–H and O–H groups in total. The van der Waals surface area contributed by atoms with Crippen molar-refractivity contribution in [3.05, 3.63) is 35.0 Å². The topological polar surface area (TPSA) is 29.1 Å². The lowest BCUT2D eigenvalue weighted by Gasteiger charge is -2.13. The van der Waals surface area contributed by atoms with E-state index in [0.29, 0.717) is 17.3 Å². The van der Waals surface area contributed by atoms with Crippen molar-refractivity contribution in [2.24, 2.45) is 5.92 Å². The van der Waals surface area contributed by atoms with Gasteiger partial charge in [-0.3, -0.25) is 4.79 Å². The van der Waals surface area contributed by atoms with E-state index in [0.717, 1.165) is 10.1 Å². The second-order valence-corrected chi connectivity index (χ2v) is 6.41. The Morgan fingerprint density at radius 3 is 2.84 bits per heavy atom. The Labute approximate surface area is 120 Å². The minimum atomic E-state index is -0.290. The van der Waals surface area contributed by atoms with E-state index in [2.05, 4.69) is 5.32 Å². The SMILES string of the molecule is CC(C)C(Cl)CNC(=O)c1cc2ccc(F)cc2s1. The fourth-order valence-corrected chi connectivity index (χ4v) is 2.71. The summed E-state index contributed by atoms with van der Waals surface area (Å²) in [6.45, 7) is 4.44. The molecule has 0 fully saturated rings. The highest BCUT2D eigenvalue weighted by molar-refractivity contribution is 7.20. The van der Waals surface area contributed by atoms with Crippen molar-refractivity contribution in [2.75, 3.05) is 6.54 Å². The number of benzene rings is 1. The maximum absolute atomic E-state index is 13.1. The van der Waals surface area contributed by atoms with Gasteiger partial charge >= 0.3 is 0 Å². The summed E-state index contributed by atoms with van der Waals surface area (Å²) < 4.78 is 13.9. The van der Waals surface area contributed by atoms with Gasteiger partial charge in [0.15, 0.2) is 0 Å². The number of carbonyl (C=O) groups is 1. The molecule has 0 radical (unpaired) electrons. The standard InChI is InChI=1S/C14H15ClFNOS/c1-8(2)11(15)7-17-14(18)13-5-9-3-4-10(16)6-12(9)19-13/h3-6,8,11H,7H2,1-2H3,(H,17,18). The summed E-state index contributed by atoms with van der Waals surface area (Å²) >= 11 is 7.37. The van der Waals surface area contributed by atoms with Crippen molar-refractivity contribution >= 4 is 38.9 Å². The van der Waals surface area contributed by atoms with Gasteiger partial charge < -0.3 is 5.32 Å². The second-order valence-electron chi connectivity index (χ2n) is 4.76. The van der Waals surface area contributed by atoms with Crippen LogP contribution in [0.2, 0.25) is 0 Å². The quantitative estimate of drug-likeness (QED) is 0.848. The minimum absolute atomic E-state index is 0.0872. The Morgan fingerprint density at radius 1 is 1.42 bits per heavy atom. The smallest absolute Gasteiger partial charge is 0.261 e. The van der Waals surface area contributed by atoms with Crippen molar-refractivity contribution in [1.82, 2.24) is 5.32 Å². The lowest BCUT2D eigenvalue weighted by Crippen LogP contribution is -2.31. The molecule has 1 aromatic carbocycles. The predicted octanol–water partition coefficient (Wildman–Crippen LogP) is 4.03. The van der Waals surface area contributed by atoms with E-state index >= 15 is 0 Å². The fraction of sp³-hybridized carbons (Fsp3) is 0.357. The first-order valence-corrected chi connectivity index (χ1v) is 7.34. The van der Waals surface area contributed by atoms with Crippen LogP contribution in [0.1, 0.15) is 23.5 Å². The van der Waals surface area contributed by atoms with E-state index < -0.39 is 0 Å². The highest BCUT2D eigenvalue weighted by Gasteiger charge is 2.14. The zero-order valence-corrected chi connectivity index (χ0v) is 12.3. The third kappa shape index (κ3) is 3.45. The summed E-state index contributed by atoms with van der Waals surface area (Å²) in [5.41, 5.74) is 0. The second kappa shape index (κ2) is 5.88. The Bertz CT molecular complexity index is 596. The third-order valence-corrected chi connectivity index (χ3v) is 4.64. The maximum Gasteiger partial charge on any atom is 0.261 e. The molecule has 1 unspecified atom stereocenters. The van der Waals surface area contributed by atoms with Crippen LogP contribution in [0.25, 0.3) is 10.1 Å². The van der Waals surface area contributed by atoms with Crippen LogP contribution in [0, 0.1) is 11.7 Å². The van der Waals surface area contributed by atoms with E-state index in [1.54, 1.807) is 12.1 Å². The van der Waals surface area contributed by atoms with Crippen LogP contribution in [0.3, 0.4) is 0 Å². The number of alkyl halides is 1. The van der Waals surface area contributed by atoms with Crippen molar-refractivity contribution in [3.8, 4) is 0 Å². The number of halogens is 2. The van der Waals surface area contributed by atoms with E-state index in [1.165, 1.54) is 23.5 Å². The molecule has 1 amide bonds. The molecule has 2 aromatic rings. The molecule has 19 heavy (non-hydrogen) atoms. The lowest BCUT2D eigenvalue weighted by atomic mass is 10.1. The molecule has 2 nitrogen and oxygen atoms in total. The number of fused-ring (bicyclic) bond motifs is 1. The molecular weight excluding hydrogens is 285 g/mol. The number of thiophene rings is 1. The van der Waals surface area contributed by atoms with Crippen LogP contribution >= 0.6 is 22.9 Å². The Hall–Kier alpha value is -1.13. The van der Waals surface area contributed by atoms with Crippen LogP contribution in [0.5, 0.6) is 0 Å². The molecule has 0 saturated heterocycles.